The minimum Gasteiger partial charge on any atom is -0.490 e. The van der Waals surface area contributed by atoms with E-state index in [0.29, 0.717) is 18.0 Å². The molecule has 0 aliphatic carbocycles. The lowest BCUT2D eigenvalue weighted by Gasteiger charge is -2.31. The first kappa shape index (κ1) is 17.4. The standard InChI is InChI=1S/C18H31N5O/c1-14(2)23-9-6-15(12-23)13-24-17-10-20-18(21-11-17)22(3)16-4-7-19-8-5-16/h10-11,14-16,19H,4-9,12-13H2,1-3H3/t15-/m1/s1. The van der Waals surface area contributed by atoms with Gasteiger partial charge in [-0.25, -0.2) is 9.97 Å². The Morgan fingerprint density at radius 1 is 1.25 bits per heavy atom. The van der Waals surface area contributed by atoms with Crippen molar-refractivity contribution in [3.05, 3.63) is 12.4 Å². The van der Waals surface area contributed by atoms with Gasteiger partial charge in [-0.3, -0.25) is 0 Å². The lowest BCUT2D eigenvalue weighted by molar-refractivity contribution is 0.222. The Labute approximate surface area is 145 Å². The van der Waals surface area contributed by atoms with Gasteiger partial charge in [0.05, 0.1) is 19.0 Å². The van der Waals surface area contributed by atoms with E-state index in [1.807, 2.05) is 12.4 Å². The summed E-state index contributed by atoms with van der Waals surface area (Å²) in [6, 6.07) is 1.15. The third kappa shape index (κ3) is 4.36. The molecular formula is C18H31N5O. The molecule has 0 aromatic carbocycles. The Kier molecular flexibility index (Phi) is 5.89. The fraction of sp³-hybridized carbons (Fsp3) is 0.778. The molecule has 3 heterocycles. The highest BCUT2D eigenvalue weighted by atomic mass is 16.5. The predicted octanol–water partition coefficient (Wildman–Crippen LogP) is 1.77. The minimum absolute atomic E-state index is 0.526. The zero-order chi connectivity index (χ0) is 16.9. The molecular weight excluding hydrogens is 302 g/mol. The topological polar surface area (TPSA) is 53.5 Å². The highest BCUT2D eigenvalue weighted by molar-refractivity contribution is 5.32. The molecule has 24 heavy (non-hydrogen) atoms. The van der Waals surface area contributed by atoms with Gasteiger partial charge in [-0.05, 0) is 52.7 Å². The largest absolute Gasteiger partial charge is 0.490 e. The van der Waals surface area contributed by atoms with Crippen molar-refractivity contribution < 1.29 is 4.74 Å². The number of ether oxygens (including phenoxy) is 1. The monoisotopic (exact) mass is 333 g/mol. The van der Waals surface area contributed by atoms with Crippen molar-refractivity contribution in [2.75, 3.05) is 44.7 Å². The lowest BCUT2D eigenvalue weighted by atomic mass is 10.1. The van der Waals surface area contributed by atoms with Crippen LogP contribution in [0, 0.1) is 5.92 Å². The summed E-state index contributed by atoms with van der Waals surface area (Å²) in [7, 11) is 2.09. The Hall–Kier alpha value is -1.40. The van der Waals surface area contributed by atoms with Crippen molar-refractivity contribution >= 4 is 5.95 Å². The summed E-state index contributed by atoms with van der Waals surface area (Å²) < 4.78 is 5.92. The molecule has 2 aliphatic heterocycles. The zero-order valence-corrected chi connectivity index (χ0v) is 15.2. The molecule has 0 spiro atoms. The summed E-state index contributed by atoms with van der Waals surface area (Å²) in [6.07, 6.45) is 7.14. The summed E-state index contributed by atoms with van der Waals surface area (Å²) in [6.45, 7) is 9.74. The van der Waals surface area contributed by atoms with Crippen molar-refractivity contribution in [3.63, 3.8) is 0 Å². The molecule has 1 aromatic heterocycles. The van der Waals surface area contributed by atoms with Crippen LogP contribution in [0.1, 0.15) is 33.1 Å². The van der Waals surface area contributed by atoms with Crippen LogP contribution in [0.4, 0.5) is 5.95 Å². The van der Waals surface area contributed by atoms with Crippen LogP contribution in [0.25, 0.3) is 0 Å². The number of nitrogens with one attached hydrogen (secondary N) is 1. The van der Waals surface area contributed by atoms with E-state index in [9.17, 15) is 0 Å². The molecule has 2 fully saturated rings. The third-order valence-electron chi connectivity index (χ3n) is 5.32. The van der Waals surface area contributed by atoms with Crippen LogP contribution in [-0.2, 0) is 0 Å². The molecule has 0 saturated carbocycles. The van der Waals surface area contributed by atoms with Crippen LogP contribution in [0.15, 0.2) is 12.4 Å². The van der Waals surface area contributed by atoms with E-state index in [-0.39, 0.29) is 0 Å². The van der Waals surface area contributed by atoms with Gasteiger partial charge in [0, 0.05) is 31.6 Å². The van der Waals surface area contributed by atoms with Gasteiger partial charge < -0.3 is 19.9 Å². The van der Waals surface area contributed by atoms with E-state index in [2.05, 4.69) is 46.0 Å². The summed E-state index contributed by atoms with van der Waals surface area (Å²) in [4.78, 5) is 13.7. The van der Waals surface area contributed by atoms with Gasteiger partial charge in [0.15, 0.2) is 5.75 Å². The molecule has 6 heteroatoms. The van der Waals surface area contributed by atoms with Crippen LogP contribution in [-0.4, -0.2) is 66.8 Å². The molecule has 0 radical (unpaired) electrons. The second kappa shape index (κ2) is 8.12. The van der Waals surface area contributed by atoms with Crippen LogP contribution in [0.3, 0.4) is 0 Å². The lowest BCUT2D eigenvalue weighted by Crippen LogP contribution is -2.41. The fourth-order valence-electron chi connectivity index (χ4n) is 3.61. The van der Waals surface area contributed by atoms with E-state index in [1.165, 1.54) is 13.0 Å². The number of hydrogen-bond donors (Lipinski definition) is 1. The van der Waals surface area contributed by atoms with Crippen molar-refractivity contribution in [2.45, 2.75) is 45.2 Å². The molecule has 1 N–H and O–H groups in total. The van der Waals surface area contributed by atoms with Crippen molar-refractivity contribution in [3.8, 4) is 5.75 Å². The van der Waals surface area contributed by atoms with Gasteiger partial charge in [0.1, 0.15) is 0 Å². The molecule has 3 rings (SSSR count). The maximum absolute atomic E-state index is 5.92. The maximum atomic E-state index is 5.92. The van der Waals surface area contributed by atoms with Crippen molar-refractivity contribution in [1.82, 2.24) is 20.2 Å². The molecule has 0 bridgehead atoms. The Balaban J connectivity index is 1.48. The highest BCUT2D eigenvalue weighted by Gasteiger charge is 2.25. The second-order valence-electron chi connectivity index (χ2n) is 7.37. The number of likely N-dealkylation sites (tertiary alicyclic amines) is 1. The summed E-state index contributed by atoms with van der Waals surface area (Å²) in [5, 5.41) is 3.39. The Bertz CT molecular complexity index is 501. The van der Waals surface area contributed by atoms with E-state index < -0.39 is 0 Å². The summed E-state index contributed by atoms with van der Waals surface area (Å²) in [5.41, 5.74) is 0. The van der Waals surface area contributed by atoms with Gasteiger partial charge >= 0.3 is 0 Å². The Morgan fingerprint density at radius 3 is 2.58 bits per heavy atom. The molecule has 2 aliphatic rings. The van der Waals surface area contributed by atoms with Gasteiger partial charge in [-0.1, -0.05) is 0 Å². The first-order chi connectivity index (χ1) is 11.6. The number of piperidine rings is 1. The number of nitrogens with zero attached hydrogens (tertiary/aromatic N) is 4. The average molecular weight is 333 g/mol. The first-order valence-corrected chi connectivity index (χ1v) is 9.26. The molecule has 134 valence electrons. The van der Waals surface area contributed by atoms with Crippen LogP contribution in [0.2, 0.25) is 0 Å². The highest BCUT2D eigenvalue weighted by Crippen LogP contribution is 2.21. The fourth-order valence-corrected chi connectivity index (χ4v) is 3.61. The Morgan fingerprint density at radius 2 is 1.96 bits per heavy atom. The van der Waals surface area contributed by atoms with Crippen LogP contribution >= 0.6 is 0 Å². The van der Waals surface area contributed by atoms with Crippen LogP contribution < -0.4 is 15.0 Å². The molecule has 1 aromatic rings. The van der Waals surface area contributed by atoms with E-state index in [0.717, 1.165) is 50.8 Å². The maximum Gasteiger partial charge on any atom is 0.225 e. The second-order valence-corrected chi connectivity index (χ2v) is 7.37. The van der Waals surface area contributed by atoms with Gasteiger partial charge in [-0.15, -0.1) is 0 Å². The third-order valence-corrected chi connectivity index (χ3v) is 5.32. The number of hydrogen-bond acceptors (Lipinski definition) is 6. The molecule has 2 saturated heterocycles. The van der Waals surface area contributed by atoms with Crippen molar-refractivity contribution in [2.24, 2.45) is 5.92 Å². The average Bonchev–Trinajstić information content (AvgIpc) is 3.10. The van der Waals surface area contributed by atoms with E-state index in [1.54, 1.807) is 0 Å². The van der Waals surface area contributed by atoms with E-state index in [4.69, 9.17) is 4.74 Å². The number of aromatic nitrogens is 2. The van der Waals surface area contributed by atoms with E-state index >= 15 is 0 Å². The number of rotatable bonds is 6. The normalized spacial score (nSPS) is 22.9. The molecule has 0 unspecified atom stereocenters. The molecule has 1 atom stereocenters. The number of anilines is 1. The SMILES string of the molecule is CC(C)N1CC[C@@H](COc2cnc(N(C)C3CCNCC3)nc2)C1. The first-order valence-electron chi connectivity index (χ1n) is 9.26. The minimum atomic E-state index is 0.526. The quantitative estimate of drug-likeness (QED) is 0.856. The molecule has 6 nitrogen and oxygen atoms in total. The van der Waals surface area contributed by atoms with Gasteiger partial charge in [-0.2, -0.15) is 0 Å². The van der Waals surface area contributed by atoms with Gasteiger partial charge in [0.2, 0.25) is 5.95 Å². The molecule has 0 amide bonds. The predicted molar refractivity (Wildman–Crippen MR) is 96.6 cm³/mol. The smallest absolute Gasteiger partial charge is 0.225 e. The van der Waals surface area contributed by atoms with Gasteiger partial charge in [0.25, 0.3) is 0 Å². The summed E-state index contributed by atoms with van der Waals surface area (Å²) >= 11 is 0. The summed E-state index contributed by atoms with van der Waals surface area (Å²) in [5.74, 6) is 2.19. The zero-order valence-electron chi connectivity index (χ0n) is 15.2. The van der Waals surface area contributed by atoms with Crippen LogP contribution in [0.5, 0.6) is 5.75 Å². The van der Waals surface area contributed by atoms with Crippen molar-refractivity contribution in [1.29, 1.82) is 0 Å².